The van der Waals surface area contributed by atoms with Gasteiger partial charge in [0, 0.05) is 41.8 Å². The number of rotatable bonds is 8. The van der Waals surface area contributed by atoms with E-state index in [9.17, 15) is 19.5 Å². The minimum atomic E-state index is -1.11. The summed E-state index contributed by atoms with van der Waals surface area (Å²) in [4.78, 5) is 47.5. The van der Waals surface area contributed by atoms with Crippen molar-refractivity contribution >= 4 is 45.2 Å². The highest BCUT2D eigenvalue weighted by molar-refractivity contribution is 7.14. The molecule has 3 atom stereocenters. The van der Waals surface area contributed by atoms with Crippen molar-refractivity contribution in [3.8, 4) is 22.9 Å². The smallest absolute Gasteiger partial charge is 0.326 e. The molecule has 2 amide bonds. The van der Waals surface area contributed by atoms with Crippen molar-refractivity contribution in [2.24, 2.45) is 0 Å². The zero-order valence-corrected chi connectivity index (χ0v) is 22.1. The first-order valence-corrected chi connectivity index (χ1v) is 13.3. The molecular weight excluding hydrogens is 510 g/mol. The van der Waals surface area contributed by atoms with E-state index in [2.05, 4.69) is 15.6 Å². The van der Waals surface area contributed by atoms with Crippen LogP contribution in [0.5, 0.6) is 11.5 Å². The molecule has 3 aromatic rings. The van der Waals surface area contributed by atoms with Gasteiger partial charge in [-0.2, -0.15) is 0 Å². The van der Waals surface area contributed by atoms with Crippen LogP contribution in [0.3, 0.4) is 0 Å². The number of fused-ring (bicyclic) bond motifs is 1. The number of carbonyl (C=O) groups excluding carboxylic acids is 2. The topological polar surface area (TPSA) is 143 Å². The first-order chi connectivity index (χ1) is 18.2. The lowest BCUT2D eigenvalue weighted by Gasteiger charge is -2.24. The average Bonchev–Trinajstić information content (AvgIpc) is 3.63. The van der Waals surface area contributed by atoms with Gasteiger partial charge in [-0.15, -0.1) is 11.3 Å². The SMILES string of the molecule is COc1ccc2c(O[C@@H]3C[C@@H](C(=O)O)N(C(=O)[C@@H]4CCC(=O)N4)C3)cc(-c3csc(NC(C)C)n3)nc2c1. The number of carboxylic acids is 1. The molecule has 2 aliphatic heterocycles. The van der Waals surface area contributed by atoms with Gasteiger partial charge in [0.1, 0.15) is 35.4 Å². The Morgan fingerprint density at radius 3 is 2.74 bits per heavy atom. The number of amides is 2. The summed E-state index contributed by atoms with van der Waals surface area (Å²) in [5.74, 6) is -0.562. The molecule has 12 heteroatoms. The van der Waals surface area contributed by atoms with E-state index in [4.69, 9.17) is 14.5 Å². The predicted molar refractivity (Wildman–Crippen MR) is 141 cm³/mol. The molecule has 3 N–H and O–H groups in total. The maximum absolute atomic E-state index is 13.1. The van der Waals surface area contributed by atoms with Crippen LogP contribution in [0.2, 0.25) is 0 Å². The van der Waals surface area contributed by atoms with Crippen molar-refractivity contribution in [3.63, 3.8) is 0 Å². The van der Waals surface area contributed by atoms with Crippen molar-refractivity contribution in [1.29, 1.82) is 0 Å². The van der Waals surface area contributed by atoms with Gasteiger partial charge in [-0.3, -0.25) is 9.59 Å². The minimum absolute atomic E-state index is 0.0939. The zero-order chi connectivity index (χ0) is 27.0. The van der Waals surface area contributed by atoms with Crippen LogP contribution in [0.15, 0.2) is 29.6 Å². The molecule has 0 spiro atoms. The second kappa shape index (κ2) is 10.4. The molecule has 11 nitrogen and oxygen atoms in total. The van der Waals surface area contributed by atoms with Crippen LogP contribution >= 0.6 is 11.3 Å². The average molecular weight is 540 g/mol. The highest BCUT2D eigenvalue weighted by Crippen LogP contribution is 2.35. The third kappa shape index (κ3) is 5.21. The lowest BCUT2D eigenvalue weighted by Crippen LogP contribution is -2.49. The van der Waals surface area contributed by atoms with Gasteiger partial charge in [0.05, 0.1) is 24.9 Å². The second-order valence-corrected chi connectivity index (χ2v) is 10.6. The normalized spacial score (nSPS) is 21.1. The van der Waals surface area contributed by atoms with Crippen LogP contribution in [0.25, 0.3) is 22.3 Å². The highest BCUT2D eigenvalue weighted by atomic mass is 32.1. The van der Waals surface area contributed by atoms with E-state index in [1.54, 1.807) is 25.3 Å². The summed E-state index contributed by atoms with van der Waals surface area (Å²) in [7, 11) is 1.58. The van der Waals surface area contributed by atoms with E-state index in [-0.39, 0.29) is 31.3 Å². The number of aliphatic carboxylic acids is 1. The number of likely N-dealkylation sites (tertiary alicyclic amines) is 1. The van der Waals surface area contributed by atoms with Gasteiger partial charge in [0.25, 0.3) is 0 Å². The number of hydrogen-bond donors (Lipinski definition) is 3. The summed E-state index contributed by atoms with van der Waals surface area (Å²) in [6.45, 7) is 4.17. The number of benzene rings is 1. The molecule has 2 aromatic heterocycles. The number of pyridine rings is 1. The number of carbonyl (C=O) groups is 3. The van der Waals surface area contributed by atoms with Gasteiger partial charge in [-0.1, -0.05) is 0 Å². The number of nitrogens with zero attached hydrogens (tertiary/aromatic N) is 3. The quantitative estimate of drug-likeness (QED) is 0.394. The summed E-state index contributed by atoms with van der Waals surface area (Å²) in [6, 6.07) is 5.72. The van der Waals surface area contributed by atoms with Gasteiger partial charge >= 0.3 is 5.97 Å². The zero-order valence-electron chi connectivity index (χ0n) is 21.3. The number of nitrogens with one attached hydrogen (secondary N) is 2. The minimum Gasteiger partial charge on any atom is -0.497 e. The number of hydrogen-bond acceptors (Lipinski definition) is 9. The molecule has 4 heterocycles. The van der Waals surface area contributed by atoms with Gasteiger partial charge in [0.2, 0.25) is 11.8 Å². The molecule has 1 aromatic carbocycles. The molecule has 2 saturated heterocycles. The predicted octanol–water partition coefficient (Wildman–Crippen LogP) is 2.90. The van der Waals surface area contributed by atoms with Crippen LogP contribution in [-0.2, 0) is 14.4 Å². The van der Waals surface area contributed by atoms with E-state index >= 15 is 0 Å². The van der Waals surface area contributed by atoms with Crippen molar-refractivity contribution in [1.82, 2.24) is 20.2 Å². The van der Waals surface area contributed by atoms with Gasteiger partial charge < -0.3 is 30.1 Å². The largest absolute Gasteiger partial charge is 0.497 e. The van der Waals surface area contributed by atoms with Crippen LogP contribution in [-0.4, -0.2) is 75.6 Å². The van der Waals surface area contributed by atoms with E-state index in [0.717, 1.165) is 10.5 Å². The Morgan fingerprint density at radius 2 is 2.05 bits per heavy atom. The van der Waals surface area contributed by atoms with E-state index < -0.39 is 30.1 Å². The summed E-state index contributed by atoms with van der Waals surface area (Å²) in [5.41, 5.74) is 1.91. The van der Waals surface area contributed by atoms with Crippen LogP contribution < -0.4 is 20.1 Å². The van der Waals surface area contributed by atoms with Crippen molar-refractivity contribution < 1.29 is 29.0 Å². The standard InChI is InChI=1S/C26H29N5O6S/c1-13(2)27-26-30-20(12-38-26)19-10-22(16-5-4-14(36-3)8-18(16)28-19)37-15-9-21(25(34)35)31(11-15)24(33)17-6-7-23(32)29-17/h4-5,8,10,12-13,15,17,21H,6-7,9,11H2,1-3H3,(H,27,30)(H,29,32)(H,34,35)/t15-,17+,21+/m1/s1. The number of anilines is 1. The number of thiazole rings is 1. The maximum atomic E-state index is 13.1. The van der Waals surface area contributed by atoms with Gasteiger partial charge in [-0.05, 0) is 32.4 Å². The summed E-state index contributed by atoms with van der Waals surface area (Å²) < 4.78 is 11.8. The first-order valence-electron chi connectivity index (χ1n) is 12.4. The summed E-state index contributed by atoms with van der Waals surface area (Å²) in [5, 5.41) is 19.2. The van der Waals surface area contributed by atoms with E-state index in [0.29, 0.717) is 34.8 Å². The Labute approximate surface area is 223 Å². The molecule has 38 heavy (non-hydrogen) atoms. The Bertz CT molecular complexity index is 1390. The van der Waals surface area contributed by atoms with Crippen LogP contribution in [0.4, 0.5) is 5.13 Å². The van der Waals surface area contributed by atoms with Gasteiger partial charge in [0.15, 0.2) is 5.13 Å². The Hall–Kier alpha value is -3.93. The van der Waals surface area contributed by atoms with E-state index in [1.807, 2.05) is 25.3 Å². The Balaban J connectivity index is 1.45. The second-order valence-electron chi connectivity index (χ2n) is 9.70. The van der Waals surface area contributed by atoms with Crippen molar-refractivity contribution in [2.45, 2.75) is 57.3 Å². The summed E-state index contributed by atoms with van der Waals surface area (Å²) in [6.07, 6.45) is 0.164. The van der Waals surface area contributed by atoms with Crippen LogP contribution in [0, 0.1) is 0 Å². The molecule has 0 saturated carbocycles. The fourth-order valence-corrected chi connectivity index (χ4v) is 5.63. The molecule has 200 valence electrons. The van der Waals surface area contributed by atoms with Crippen molar-refractivity contribution in [2.75, 3.05) is 19.0 Å². The molecule has 0 aliphatic carbocycles. The van der Waals surface area contributed by atoms with E-state index in [1.165, 1.54) is 16.2 Å². The molecule has 2 fully saturated rings. The maximum Gasteiger partial charge on any atom is 0.326 e. The van der Waals surface area contributed by atoms with Crippen molar-refractivity contribution in [3.05, 3.63) is 29.6 Å². The first kappa shape index (κ1) is 25.7. The number of methoxy groups -OCH3 is 1. The molecule has 0 unspecified atom stereocenters. The summed E-state index contributed by atoms with van der Waals surface area (Å²) >= 11 is 1.48. The molecule has 2 aliphatic rings. The third-order valence-electron chi connectivity index (χ3n) is 6.58. The lowest BCUT2D eigenvalue weighted by atomic mass is 10.1. The molecule has 0 bridgehead atoms. The Kier molecular flexibility index (Phi) is 7.06. The molecular formula is C26H29N5O6S. The Morgan fingerprint density at radius 1 is 1.24 bits per heavy atom. The number of carboxylic acid groups (broad SMARTS) is 1. The van der Waals surface area contributed by atoms with Crippen LogP contribution in [0.1, 0.15) is 33.1 Å². The lowest BCUT2D eigenvalue weighted by molar-refractivity contribution is -0.149. The third-order valence-corrected chi connectivity index (χ3v) is 7.35. The fourth-order valence-electron chi connectivity index (χ4n) is 4.78. The number of aromatic nitrogens is 2. The molecule has 5 rings (SSSR count). The number of ether oxygens (including phenoxy) is 2. The highest BCUT2D eigenvalue weighted by Gasteiger charge is 2.44. The van der Waals surface area contributed by atoms with Gasteiger partial charge in [-0.25, -0.2) is 14.8 Å². The molecule has 0 radical (unpaired) electrons. The fraction of sp³-hybridized carbons (Fsp3) is 0.423. The monoisotopic (exact) mass is 539 g/mol.